The van der Waals surface area contributed by atoms with E-state index < -0.39 is 6.04 Å². The maximum Gasteiger partial charge on any atom is 0.246 e. The van der Waals surface area contributed by atoms with Gasteiger partial charge < -0.3 is 15.1 Å². The summed E-state index contributed by atoms with van der Waals surface area (Å²) in [5.41, 5.74) is 3.50. The van der Waals surface area contributed by atoms with Gasteiger partial charge in [0.2, 0.25) is 11.8 Å². The first-order chi connectivity index (χ1) is 15.4. The van der Waals surface area contributed by atoms with Crippen LogP contribution in [0.5, 0.6) is 0 Å². The van der Waals surface area contributed by atoms with E-state index in [1.54, 1.807) is 4.90 Å². The molecule has 6 nitrogen and oxygen atoms in total. The van der Waals surface area contributed by atoms with Gasteiger partial charge in [-0.2, -0.15) is 0 Å². The number of carbonyl (C=O) groups is 3. The highest BCUT2D eigenvalue weighted by molar-refractivity contribution is 5.97. The van der Waals surface area contributed by atoms with E-state index in [1.807, 2.05) is 69.3 Å². The standard InChI is InChI=1S/C26H33N3O3/c1-4-15-29(20(3)25(31)27-24-8-6-5-7-19(24)2)26(32)22-13-16-28(17-14-22)23-11-9-21(18-30)10-12-23/h5-12,18,20,22H,4,13-17H2,1-3H3,(H,27,31)/t20-/m0/s1. The van der Waals surface area contributed by atoms with Crippen LogP contribution in [0, 0.1) is 12.8 Å². The van der Waals surface area contributed by atoms with Crippen molar-refractivity contribution in [3.63, 3.8) is 0 Å². The molecule has 2 aromatic carbocycles. The first kappa shape index (κ1) is 23.5. The van der Waals surface area contributed by atoms with Gasteiger partial charge >= 0.3 is 0 Å². The smallest absolute Gasteiger partial charge is 0.246 e. The first-order valence-electron chi connectivity index (χ1n) is 11.4. The average molecular weight is 436 g/mol. The van der Waals surface area contributed by atoms with Crippen LogP contribution in [0.4, 0.5) is 11.4 Å². The summed E-state index contributed by atoms with van der Waals surface area (Å²) in [6, 6.07) is 14.7. The highest BCUT2D eigenvalue weighted by atomic mass is 16.2. The third kappa shape index (κ3) is 5.55. The van der Waals surface area contributed by atoms with E-state index in [2.05, 4.69) is 10.2 Å². The lowest BCUT2D eigenvalue weighted by molar-refractivity contribution is -0.142. The SMILES string of the molecule is CCCN(C(=O)C1CCN(c2ccc(C=O)cc2)CC1)[C@@H](C)C(=O)Nc1ccccc1C. The number of piperidine rings is 1. The lowest BCUT2D eigenvalue weighted by Crippen LogP contribution is -2.50. The van der Waals surface area contributed by atoms with E-state index in [-0.39, 0.29) is 17.7 Å². The molecule has 2 amide bonds. The van der Waals surface area contributed by atoms with Crippen LogP contribution in [0.3, 0.4) is 0 Å². The van der Waals surface area contributed by atoms with E-state index in [0.29, 0.717) is 12.1 Å². The number of para-hydroxylation sites is 1. The molecule has 1 aliphatic heterocycles. The van der Waals surface area contributed by atoms with Gasteiger partial charge in [0.05, 0.1) is 0 Å². The lowest BCUT2D eigenvalue weighted by Gasteiger charge is -2.37. The molecule has 1 heterocycles. The van der Waals surface area contributed by atoms with E-state index in [9.17, 15) is 14.4 Å². The van der Waals surface area contributed by atoms with Gasteiger partial charge in [-0.05, 0) is 69.0 Å². The quantitative estimate of drug-likeness (QED) is 0.628. The van der Waals surface area contributed by atoms with Gasteiger partial charge in [0.1, 0.15) is 12.3 Å². The molecule has 1 atom stereocenters. The largest absolute Gasteiger partial charge is 0.371 e. The molecule has 0 saturated carbocycles. The van der Waals surface area contributed by atoms with Crippen LogP contribution in [-0.2, 0) is 9.59 Å². The maximum absolute atomic E-state index is 13.4. The molecule has 0 aromatic heterocycles. The molecule has 0 unspecified atom stereocenters. The summed E-state index contributed by atoms with van der Waals surface area (Å²) in [6.45, 7) is 7.91. The zero-order chi connectivity index (χ0) is 23.1. The van der Waals surface area contributed by atoms with Crippen molar-refractivity contribution in [2.24, 2.45) is 5.92 Å². The summed E-state index contributed by atoms with van der Waals surface area (Å²) < 4.78 is 0. The van der Waals surface area contributed by atoms with E-state index in [0.717, 1.165) is 55.6 Å². The van der Waals surface area contributed by atoms with Crippen molar-refractivity contribution in [3.05, 3.63) is 59.7 Å². The summed E-state index contributed by atoms with van der Waals surface area (Å²) in [5.74, 6) is -0.176. The second-order valence-corrected chi connectivity index (χ2v) is 8.48. The Hall–Kier alpha value is -3.15. The summed E-state index contributed by atoms with van der Waals surface area (Å²) in [5, 5.41) is 2.98. The normalized spacial score (nSPS) is 15.2. The van der Waals surface area contributed by atoms with Gasteiger partial charge in [0, 0.05) is 42.5 Å². The van der Waals surface area contributed by atoms with Crippen molar-refractivity contribution in [2.45, 2.75) is 46.1 Å². The second kappa shape index (κ2) is 10.9. The number of anilines is 2. The molecular formula is C26H33N3O3. The van der Waals surface area contributed by atoms with Gasteiger partial charge in [-0.25, -0.2) is 0 Å². The predicted molar refractivity (Wildman–Crippen MR) is 128 cm³/mol. The van der Waals surface area contributed by atoms with E-state index in [1.165, 1.54) is 0 Å². The number of amides is 2. The van der Waals surface area contributed by atoms with Crippen molar-refractivity contribution in [3.8, 4) is 0 Å². The molecule has 1 N–H and O–H groups in total. The summed E-state index contributed by atoms with van der Waals surface area (Å²) in [4.78, 5) is 41.1. The van der Waals surface area contributed by atoms with Crippen molar-refractivity contribution in [2.75, 3.05) is 29.9 Å². The van der Waals surface area contributed by atoms with Gasteiger partial charge in [-0.3, -0.25) is 14.4 Å². The Morgan fingerprint density at radius 3 is 2.38 bits per heavy atom. The fraction of sp³-hybridized carbons (Fsp3) is 0.423. The van der Waals surface area contributed by atoms with Crippen LogP contribution < -0.4 is 10.2 Å². The topological polar surface area (TPSA) is 69.7 Å². The van der Waals surface area contributed by atoms with Crippen LogP contribution in [0.15, 0.2) is 48.5 Å². The Labute approximate surface area is 190 Å². The number of carbonyl (C=O) groups excluding carboxylic acids is 3. The molecule has 0 bridgehead atoms. The van der Waals surface area contributed by atoms with Gasteiger partial charge in [-0.15, -0.1) is 0 Å². The highest BCUT2D eigenvalue weighted by Gasteiger charge is 2.33. The Kier molecular flexibility index (Phi) is 8.03. The molecular weight excluding hydrogens is 402 g/mol. The molecule has 0 aliphatic carbocycles. The number of aldehydes is 1. The molecule has 0 radical (unpaired) electrons. The van der Waals surface area contributed by atoms with Crippen molar-refractivity contribution in [1.29, 1.82) is 0 Å². The van der Waals surface area contributed by atoms with Gasteiger partial charge in [0.15, 0.2) is 0 Å². The minimum absolute atomic E-state index is 0.0650. The summed E-state index contributed by atoms with van der Waals surface area (Å²) in [7, 11) is 0. The second-order valence-electron chi connectivity index (χ2n) is 8.48. The Morgan fingerprint density at radius 1 is 1.12 bits per heavy atom. The fourth-order valence-electron chi connectivity index (χ4n) is 4.21. The van der Waals surface area contributed by atoms with Gasteiger partial charge in [-0.1, -0.05) is 25.1 Å². The Bertz CT molecular complexity index is 934. The number of nitrogens with one attached hydrogen (secondary N) is 1. The van der Waals surface area contributed by atoms with Crippen LogP contribution in [0.25, 0.3) is 0 Å². The summed E-state index contributed by atoms with van der Waals surface area (Å²) in [6.07, 6.45) is 3.14. The summed E-state index contributed by atoms with van der Waals surface area (Å²) >= 11 is 0. The number of rotatable bonds is 8. The molecule has 0 spiro atoms. The molecule has 32 heavy (non-hydrogen) atoms. The minimum Gasteiger partial charge on any atom is -0.371 e. The molecule has 2 aromatic rings. The molecule has 3 rings (SSSR count). The highest BCUT2D eigenvalue weighted by Crippen LogP contribution is 2.26. The van der Waals surface area contributed by atoms with Crippen molar-refractivity contribution in [1.82, 2.24) is 4.90 Å². The third-order valence-corrected chi connectivity index (χ3v) is 6.24. The Balaban J connectivity index is 1.62. The third-order valence-electron chi connectivity index (χ3n) is 6.24. The van der Waals surface area contributed by atoms with Gasteiger partial charge in [0.25, 0.3) is 0 Å². The molecule has 1 aliphatic rings. The molecule has 1 saturated heterocycles. The van der Waals surface area contributed by atoms with E-state index in [4.69, 9.17) is 0 Å². The monoisotopic (exact) mass is 435 g/mol. The Morgan fingerprint density at radius 2 is 1.78 bits per heavy atom. The van der Waals surface area contributed by atoms with Crippen LogP contribution in [0.1, 0.15) is 49.0 Å². The van der Waals surface area contributed by atoms with E-state index >= 15 is 0 Å². The lowest BCUT2D eigenvalue weighted by atomic mass is 9.94. The first-order valence-corrected chi connectivity index (χ1v) is 11.4. The van der Waals surface area contributed by atoms with Crippen LogP contribution >= 0.6 is 0 Å². The number of aryl methyl sites for hydroxylation is 1. The fourth-order valence-corrected chi connectivity index (χ4v) is 4.21. The maximum atomic E-state index is 13.4. The molecule has 1 fully saturated rings. The zero-order valence-electron chi connectivity index (χ0n) is 19.2. The number of hydrogen-bond donors (Lipinski definition) is 1. The number of hydrogen-bond acceptors (Lipinski definition) is 4. The zero-order valence-corrected chi connectivity index (χ0v) is 19.2. The molecule has 170 valence electrons. The van der Waals surface area contributed by atoms with Crippen molar-refractivity contribution >= 4 is 29.5 Å². The average Bonchev–Trinajstić information content (AvgIpc) is 2.83. The van der Waals surface area contributed by atoms with Crippen molar-refractivity contribution < 1.29 is 14.4 Å². The number of benzene rings is 2. The minimum atomic E-state index is -0.532. The molecule has 6 heteroatoms. The predicted octanol–water partition coefficient (Wildman–Crippen LogP) is 4.29. The van der Waals surface area contributed by atoms with Crippen LogP contribution in [-0.4, -0.2) is 48.7 Å². The van der Waals surface area contributed by atoms with Crippen LogP contribution in [0.2, 0.25) is 0 Å². The number of nitrogens with zero attached hydrogens (tertiary/aromatic N) is 2.